The third-order valence-corrected chi connectivity index (χ3v) is 5.21. The van der Waals surface area contributed by atoms with E-state index in [0.717, 1.165) is 41.5 Å². The van der Waals surface area contributed by atoms with Gasteiger partial charge < -0.3 is 0 Å². The molecule has 0 spiro atoms. The Bertz CT molecular complexity index is 771. The zero-order valence-electron chi connectivity index (χ0n) is 15.4. The summed E-state index contributed by atoms with van der Waals surface area (Å²) in [5.74, 6) is 0.763. The molecular formula is C24H26O. The molecule has 1 saturated carbocycles. The lowest BCUT2D eigenvalue weighted by molar-refractivity contribution is -0.113. The molecule has 2 aromatic carbocycles. The molecule has 1 aliphatic carbocycles. The molecule has 0 aromatic heterocycles. The molecule has 0 aliphatic heterocycles. The maximum Gasteiger partial charge on any atom is 0.185 e. The largest absolute Gasteiger partial charge is 0.289 e. The van der Waals surface area contributed by atoms with Crippen LogP contribution in [0.25, 0.3) is 12.2 Å². The average Bonchev–Trinajstić information content (AvgIpc) is 2.62. The van der Waals surface area contributed by atoms with Crippen LogP contribution in [0.3, 0.4) is 0 Å². The second-order valence-electron chi connectivity index (χ2n) is 7.06. The summed E-state index contributed by atoms with van der Waals surface area (Å²) in [6.07, 6.45) is 7.07. The first kappa shape index (κ1) is 17.4. The molecule has 0 saturated heterocycles. The molecule has 0 radical (unpaired) electrons. The first-order valence-electron chi connectivity index (χ1n) is 9.15. The van der Waals surface area contributed by atoms with Crippen molar-refractivity contribution in [3.05, 3.63) is 81.9 Å². The van der Waals surface area contributed by atoms with Crippen LogP contribution in [-0.4, -0.2) is 5.78 Å². The molecule has 0 amide bonds. The highest BCUT2D eigenvalue weighted by Crippen LogP contribution is 2.34. The van der Waals surface area contributed by atoms with E-state index in [1.807, 2.05) is 24.3 Å². The third kappa shape index (κ3) is 3.99. The van der Waals surface area contributed by atoms with Gasteiger partial charge in [0.05, 0.1) is 0 Å². The quantitative estimate of drug-likeness (QED) is 0.616. The molecule has 0 N–H and O–H groups in total. The van der Waals surface area contributed by atoms with E-state index in [0.29, 0.717) is 5.92 Å². The van der Waals surface area contributed by atoms with Crippen LogP contribution in [0.2, 0.25) is 0 Å². The van der Waals surface area contributed by atoms with Crippen LogP contribution in [0.4, 0.5) is 0 Å². The Morgan fingerprint density at radius 1 is 0.840 bits per heavy atom. The van der Waals surface area contributed by atoms with Crippen LogP contribution in [0.1, 0.15) is 48.4 Å². The van der Waals surface area contributed by atoms with Crippen molar-refractivity contribution in [3.63, 3.8) is 0 Å². The summed E-state index contributed by atoms with van der Waals surface area (Å²) in [6, 6.07) is 16.5. The molecule has 0 bridgehead atoms. The van der Waals surface area contributed by atoms with E-state index < -0.39 is 0 Å². The lowest BCUT2D eigenvalue weighted by Crippen LogP contribution is -2.19. The first-order valence-corrected chi connectivity index (χ1v) is 9.15. The summed E-state index contributed by atoms with van der Waals surface area (Å²) in [5, 5.41) is 0. The van der Waals surface area contributed by atoms with Crippen molar-refractivity contribution in [2.45, 2.75) is 40.0 Å². The lowest BCUT2D eigenvalue weighted by atomic mass is 9.78. The van der Waals surface area contributed by atoms with Gasteiger partial charge in [-0.3, -0.25) is 4.79 Å². The minimum Gasteiger partial charge on any atom is -0.289 e. The number of hydrogen-bond acceptors (Lipinski definition) is 1. The fourth-order valence-corrected chi connectivity index (χ4v) is 3.50. The van der Waals surface area contributed by atoms with Gasteiger partial charge in [-0.2, -0.15) is 0 Å². The summed E-state index contributed by atoms with van der Waals surface area (Å²) >= 11 is 0. The Morgan fingerprint density at radius 2 is 1.28 bits per heavy atom. The molecule has 1 nitrogen and oxygen atoms in total. The summed E-state index contributed by atoms with van der Waals surface area (Å²) in [7, 11) is 0. The van der Waals surface area contributed by atoms with Crippen LogP contribution in [0.15, 0.2) is 59.7 Å². The van der Waals surface area contributed by atoms with Gasteiger partial charge in [0, 0.05) is 11.1 Å². The van der Waals surface area contributed by atoms with Gasteiger partial charge in [-0.25, -0.2) is 0 Å². The van der Waals surface area contributed by atoms with Gasteiger partial charge in [0.1, 0.15) is 0 Å². The molecule has 1 aliphatic rings. The molecule has 1 heteroatoms. The number of carbonyl (C=O) groups is 1. The van der Waals surface area contributed by atoms with Gasteiger partial charge >= 0.3 is 0 Å². The predicted molar refractivity (Wildman–Crippen MR) is 106 cm³/mol. The Labute approximate surface area is 151 Å². The van der Waals surface area contributed by atoms with E-state index in [-0.39, 0.29) is 5.78 Å². The number of ketones is 1. The molecule has 25 heavy (non-hydrogen) atoms. The number of Topliss-reactive ketones (excluding diaryl/α,β-unsaturated/α-hetero) is 1. The highest BCUT2D eigenvalue weighted by Gasteiger charge is 2.27. The Balaban J connectivity index is 2.00. The standard InChI is InChI=1S/C24H26O/c1-4-19-13-22(15-20-11-7-5-9-17(20)2)24(25)23(14-19)16-21-12-8-6-10-18(21)3/h5-12,15-16,19H,4,13-14H2,1-3H3/b22-15-,23-16+. The molecule has 0 heterocycles. The molecule has 1 atom stereocenters. The maximum absolute atomic E-state index is 13.1. The van der Waals surface area contributed by atoms with Gasteiger partial charge in [0.2, 0.25) is 0 Å². The maximum atomic E-state index is 13.1. The van der Waals surface area contributed by atoms with Crippen LogP contribution in [-0.2, 0) is 4.79 Å². The summed E-state index contributed by atoms with van der Waals surface area (Å²) in [6.45, 7) is 6.42. The summed E-state index contributed by atoms with van der Waals surface area (Å²) in [5.41, 5.74) is 6.63. The summed E-state index contributed by atoms with van der Waals surface area (Å²) in [4.78, 5) is 13.1. The lowest BCUT2D eigenvalue weighted by Gasteiger charge is -2.25. The number of hydrogen-bond donors (Lipinski definition) is 0. The van der Waals surface area contributed by atoms with Crippen LogP contribution in [0.5, 0.6) is 0 Å². The zero-order chi connectivity index (χ0) is 17.8. The molecule has 2 aromatic rings. The van der Waals surface area contributed by atoms with Gasteiger partial charge in [0.15, 0.2) is 5.78 Å². The second kappa shape index (κ2) is 7.65. The van der Waals surface area contributed by atoms with Crippen molar-refractivity contribution in [2.24, 2.45) is 5.92 Å². The van der Waals surface area contributed by atoms with E-state index in [2.05, 4.69) is 57.2 Å². The van der Waals surface area contributed by atoms with Crippen molar-refractivity contribution in [1.82, 2.24) is 0 Å². The fraction of sp³-hybridized carbons (Fsp3) is 0.292. The highest BCUT2D eigenvalue weighted by atomic mass is 16.1. The van der Waals surface area contributed by atoms with Crippen LogP contribution >= 0.6 is 0 Å². The van der Waals surface area contributed by atoms with E-state index in [4.69, 9.17) is 0 Å². The minimum absolute atomic E-state index is 0.219. The molecule has 1 fully saturated rings. The average molecular weight is 330 g/mol. The number of aryl methyl sites for hydroxylation is 2. The van der Waals surface area contributed by atoms with E-state index in [9.17, 15) is 4.79 Å². The Morgan fingerprint density at radius 3 is 1.68 bits per heavy atom. The van der Waals surface area contributed by atoms with E-state index >= 15 is 0 Å². The number of benzene rings is 2. The third-order valence-electron chi connectivity index (χ3n) is 5.21. The number of allylic oxidation sites excluding steroid dienone is 2. The van der Waals surface area contributed by atoms with Crippen molar-refractivity contribution in [1.29, 1.82) is 0 Å². The van der Waals surface area contributed by atoms with Gasteiger partial charge in [-0.05, 0) is 67.0 Å². The van der Waals surface area contributed by atoms with Gasteiger partial charge in [-0.1, -0.05) is 61.9 Å². The molecule has 3 rings (SSSR count). The van der Waals surface area contributed by atoms with Crippen LogP contribution < -0.4 is 0 Å². The van der Waals surface area contributed by atoms with Gasteiger partial charge in [0.25, 0.3) is 0 Å². The SMILES string of the molecule is CCC1C/C(=C/c2ccccc2C)C(=O)/C(=C/c2ccccc2C)C1. The van der Waals surface area contributed by atoms with Crippen molar-refractivity contribution >= 4 is 17.9 Å². The van der Waals surface area contributed by atoms with Crippen LogP contribution in [0, 0.1) is 19.8 Å². The van der Waals surface area contributed by atoms with E-state index in [1.54, 1.807) is 0 Å². The molecular weight excluding hydrogens is 304 g/mol. The Hall–Kier alpha value is -2.41. The number of carbonyl (C=O) groups excluding carboxylic acids is 1. The Kier molecular flexibility index (Phi) is 5.33. The fourth-order valence-electron chi connectivity index (χ4n) is 3.50. The van der Waals surface area contributed by atoms with Crippen molar-refractivity contribution in [3.8, 4) is 0 Å². The number of rotatable bonds is 3. The normalized spacial score (nSPS) is 21.1. The minimum atomic E-state index is 0.219. The summed E-state index contributed by atoms with van der Waals surface area (Å²) < 4.78 is 0. The molecule has 1 unspecified atom stereocenters. The zero-order valence-corrected chi connectivity index (χ0v) is 15.4. The predicted octanol–water partition coefficient (Wildman–Crippen LogP) is 6.16. The first-order chi connectivity index (χ1) is 12.1. The second-order valence-corrected chi connectivity index (χ2v) is 7.06. The van der Waals surface area contributed by atoms with Gasteiger partial charge in [-0.15, -0.1) is 0 Å². The van der Waals surface area contributed by atoms with Crippen molar-refractivity contribution in [2.75, 3.05) is 0 Å². The topological polar surface area (TPSA) is 17.1 Å². The van der Waals surface area contributed by atoms with E-state index in [1.165, 1.54) is 11.1 Å². The highest BCUT2D eigenvalue weighted by molar-refractivity contribution is 6.14. The van der Waals surface area contributed by atoms with Crippen molar-refractivity contribution < 1.29 is 4.79 Å². The molecule has 128 valence electrons. The monoisotopic (exact) mass is 330 g/mol. The smallest absolute Gasteiger partial charge is 0.185 e.